The Bertz CT molecular complexity index is 494. The predicted molar refractivity (Wildman–Crippen MR) is 58.8 cm³/mol. The van der Waals surface area contributed by atoms with Crippen LogP contribution < -0.4 is 0 Å². The fourth-order valence-corrected chi connectivity index (χ4v) is 1.35. The van der Waals surface area contributed by atoms with Crippen LogP contribution in [0.2, 0.25) is 0 Å². The molecule has 15 heavy (non-hydrogen) atoms. The minimum Gasteiger partial charge on any atom is -0.478 e. The summed E-state index contributed by atoms with van der Waals surface area (Å²) in [5.41, 5.74) is 0.0561. The topological polar surface area (TPSA) is 80.9 Å². The van der Waals surface area contributed by atoms with Gasteiger partial charge in [-0.05, 0) is 22.6 Å². The maximum absolute atomic E-state index is 10.5. The second kappa shape index (κ2) is 3.93. The molecule has 7 heteroatoms. The molecular weight excluding hydrogens is 311 g/mol. The van der Waals surface area contributed by atoms with E-state index in [9.17, 15) is 4.79 Å². The van der Waals surface area contributed by atoms with E-state index in [1.54, 1.807) is 12.4 Å². The molecule has 0 aliphatic rings. The summed E-state index contributed by atoms with van der Waals surface area (Å²) >= 11 is 2.11. The second-order valence-corrected chi connectivity index (χ2v) is 3.93. The van der Waals surface area contributed by atoms with Crippen LogP contribution in [0.1, 0.15) is 10.4 Å². The van der Waals surface area contributed by atoms with Gasteiger partial charge in [0.1, 0.15) is 0 Å². The first-order valence-electron chi connectivity index (χ1n) is 3.93. The first-order chi connectivity index (χ1) is 7.16. The zero-order valence-corrected chi connectivity index (χ0v) is 9.49. The first kappa shape index (κ1) is 10.0. The summed E-state index contributed by atoms with van der Waals surface area (Å²) in [6, 6.07) is 0. The molecule has 0 bridgehead atoms. The number of aromatic carboxylic acids is 1. The van der Waals surface area contributed by atoms with Crippen molar-refractivity contribution in [2.45, 2.75) is 0 Å². The average Bonchev–Trinajstić information content (AvgIpc) is 2.65. The van der Waals surface area contributed by atoms with E-state index in [1.807, 2.05) is 0 Å². The zero-order chi connectivity index (χ0) is 10.8. The van der Waals surface area contributed by atoms with E-state index in [4.69, 9.17) is 5.11 Å². The van der Waals surface area contributed by atoms with Crippen molar-refractivity contribution >= 4 is 28.6 Å². The summed E-state index contributed by atoms with van der Waals surface area (Å²) in [5, 5.41) is 12.6. The highest BCUT2D eigenvalue weighted by Gasteiger charge is 2.05. The number of nitrogens with zero attached hydrogens (tertiary/aromatic N) is 4. The molecule has 2 rings (SSSR count). The summed E-state index contributed by atoms with van der Waals surface area (Å²) in [5.74, 6) is -0.695. The lowest BCUT2D eigenvalue weighted by molar-refractivity contribution is 0.0696. The molecular formula is C8H5IN4O2. The molecule has 2 aromatic rings. The van der Waals surface area contributed by atoms with E-state index in [0.717, 1.165) is 3.57 Å². The smallest absolute Gasteiger partial charge is 0.338 e. The molecule has 0 atom stereocenters. The van der Waals surface area contributed by atoms with Gasteiger partial charge in [-0.15, -0.1) is 0 Å². The third-order valence-electron chi connectivity index (χ3n) is 1.64. The molecule has 2 aromatic heterocycles. The van der Waals surface area contributed by atoms with Gasteiger partial charge in [0.15, 0.2) is 0 Å². The van der Waals surface area contributed by atoms with Crippen molar-refractivity contribution in [1.82, 2.24) is 19.7 Å². The molecule has 2 heterocycles. The van der Waals surface area contributed by atoms with E-state index in [1.165, 1.54) is 17.1 Å². The van der Waals surface area contributed by atoms with Crippen LogP contribution >= 0.6 is 22.6 Å². The highest BCUT2D eigenvalue weighted by Crippen LogP contribution is 2.05. The molecule has 0 aliphatic carbocycles. The Morgan fingerprint density at radius 1 is 1.33 bits per heavy atom. The van der Waals surface area contributed by atoms with Gasteiger partial charge in [0.25, 0.3) is 5.95 Å². The minimum atomic E-state index is -1.04. The Kier molecular flexibility index (Phi) is 2.62. The van der Waals surface area contributed by atoms with Gasteiger partial charge in [-0.2, -0.15) is 5.10 Å². The van der Waals surface area contributed by atoms with E-state index in [2.05, 4.69) is 37.7 Å². The van der Waals surface area contributed by atoms with E-state index in [-0.39, 0.29) is 5.56 Å². The predicted octanol–water partition coefficient (Wildman–Crippen LogP) is 0.965. The first-order valence-corrected chi connectivity index (χ1v) is 5.00. The summed E-state index contributed by atoms with van der Waals surface area (Å²) in [7, 11) is 0. The molecule has 0 saturated carbocycles. The van der Waals surface area contributed by atoms with Crippen molar-refractivity contribution in [3.8, 4) is 5.95 Å². The summed E-state index contributed by atoms with van der Waals surface area (Å²) in [4.78, 5) is 18.3. The Balaban J connectivity index is 2.35. The molecule has 0 spiro atoms. The quantitative estimate of drug-likeness (QED) is 0.835. The number of rotatable bonds is 2. The number of carbonyl (C=O) groups is 1. The Labute approximate surface area is 98.1 Å². The lowest BCUT2D eigenvalue weighted by Crippen LogP contribution is -2.04. The second-order valence-electron chi connectivity index (χ2n) is 2.68. The largest absolute Gasteiger partial charge is 0.478 e. The van der Waals surface area contributed by atoms with Crippen LogP contribution in [0.3, 0.4) is 0 Å². The highest BCUT2D eigenvalue weighted by molar-refractivity contribution is 14.1. The summed E-state index contributed by atoms with van der Waals surface area (Å²) in [6.07, 6.45) is 5.91. The Morgan fingerprint density at radius 2 is 2.00 bits per heavy atom. The Morgan fingerprint density at radius 3 is 2.47 bits per heavy atom. The van der Waals surface area contributed by atoms with Crippen LogP contribution in [0.5, 0.6) is 0 Å². The van der Waals surface area contributed by atoms with Crippen molar-refractivity contribution < 1.29 is 9.90 Å². The van der Waals surface area contributed by atoms with Gasteiger partial charge in [-0.1, -0.05) is 0 Å². The third kappa shape index (κ3) is 2.12. The lowest BCUT2D eigenvalue weighted by atomic mass is 10.4. The van der Waals surface area contributed by atoms with E-state index in [0.29, 0.717) is 5.95 Å². The third-order valence-corrected chi connectivity index (χ3v) is 2.20. The molecule has 0 aromatic carbocycles. The van der Waals surface area contributed by atoms with Crippen molar-refractivity contribution in [2.75, 3.05) is 0 Å². The van der Waals surface area contributed by atoms with Gasteiger partial charge in [0.2, 0.25) is 0 Å². The van der Waals surface area contributed by atoms with E-state index >= 15 is 0 Å². The van der Waals surface area contributed by atoms with Gasteiger partial charge in [0, 0.05) is 18.6 Å². The van der Waals surface area contributed by atoms with Gasteiger partial charge in [-0.3, -0.25) is 0 Å². The maximum atomic E-state index is 10.5. The minimum absolute atomic E-state index is 0.0561. The molecule has 0 radical (unpaired) electrons. The fourth-order valence-electron chi connectivity index (χ4n) is 0.960. The molecule has 6 nitrogen and oxygen atoms in total. The average molecular weight is 316 g/mol. The van der Waals surface area contributed by atoms with Crippen LogP contribution in [-0.4, -0.2) is 30.8 Å². The summed E-state index contributed by atoms with van der Waals surface area (Å²) in [6.45, 7) is 0. The number of hydrogen-bond acceptors (Lipinski definition) is 4. The van der Waals surface area contributed by atoms with Gasteiger partial charge >= 0.3 is 5.97 Å². The van der Waals surface area contributed by atoms with Crippen LogP contribution in [0.4, 0.5) is 0 Å². The monoisotopic (exact) mass is 316 g/mol. The number of aromatic nitrogens is 4. The highest BCUT2D eigenvalue weighted by atomic mass is 127. The molecule has 0 amide bonds. The van der Waals surface area contributed by atoms with Gasteiger partial charge in [-0.25, -0.2) is 19.4 Å². The van der Waals surface area contributed by atoms with Crippen LogP contribution in [0.15, 0.2) is 24.8 Å². The number of carboxylic acids is 1. The molecule has 0 fully saturated rings. The SMILES string of the molecule is O=C(O)c1cnc(-n2cc(I)cn2)nc1. The van der Waals surface area contributed by atoms with Crippen LogP contribution in [0.25, 0.3) is 5.95 Å². The molecule has 76 valence electrons. The maximum Gasteiger partial charge on any atom is 0.338 e. The van der Waals surface area contributed by atoms with Gasteiger partial charge in [0.05, 0.1) is 15.3 Å². The standard InChI is InChI=1S/C8H5IN4O2/c9-6-3-12-13(4-6)8-10-1-5(2-11-8)7(14)15/h1-4H,(H,14,15). The molecule has 1 N–H and O–H groups in total. The van der Waals surface area contributed by atoms with E-state index < -0.39 is 5.97 Å². The van der Waals surface area contributed by atoms with Gasteiger partial charge < -0.3 is 5.11 Å². The van der Waals surface area contributed by atoms with Crippen molar-refractivity contribution in [3.05, 3.63) is 33.9 Å². The number of halogens is 1. The normalized spacial score (nSPS) is 10.2. The molecule has 0 aliphatic heterocycles. The molecule has 0 saturated heterocycles. The zero-order valence-electron chi connectivity index (χ0n) is 7.33. The number of hydrogen-bond donors (Lipinski definition) is 1. The Hall–Kier alpha value is -1.51. The lowest BCUT2D eigenvalue weighted by Gasteiger charge is -1.98. The van der Waals surface area contributed by atoms with Crippen molar-refractivity contribution in [3.63, 3.8) is 0 Å². The van der Waals surface area contributed by atoms with Crippen LogP contribution in [0, 0.1) is 3.57 Å². The summed E-state index contributed by atoms with van der Waals surface area (Å²) < 4.78 is 2.44. The van der Waals surface area contributed by atoms with Crippen molar-refractivity contribution in [1.29, 1.82) is 0 Å². The molecule has 0 unspecified atom stereocenters. The van der Waals surface area contributed by atoms with Crippen molar-refractivity contribution in [2.24, 2.45) is 0 Å². The fraction of sp³-hybridized carbons (Fsp3) is 0. The van der Waals surface area contributed by atoms with Crippen LogP contribution in [-0.2, 0) is 0 Å². The number of carboxylic acid groups (broad SMARTS) is 1.